The Morgan fingerprint density at radius 2 is 1.83 bits per heavy atom. The van der Waals surface area contributed by atoms with E-state index in [1.54, 1.807) is 24.6 Å². The molecule has 0 saturated carbocycles. The van der Waals surface area contributed by atoms with Gasteiger partial charge in [-0.1, -0.05) is 19.1 Å². The van der Waals surface area contributed by atoms with Crippen molar-refractivity contribution in [1.29, 1.82) is 0 Å². The van der Waals surface area contributed by atoms with Crippen molar-refractivity contribution in [2.75, 3.05) is 13.7 Å². The van der Waals surface area contributed by atoms with Crippen LogP contribution in [-0.4, -0.2) is 24.6 Å². The van der Waals surface area contributed by atoms with Gasteiger partial charge < -0.3 is 20.1 Å². The third-order valence-corrected chi connectivity index (χ3v) is 4.92. The fourth-order valence-electron chi connectivity index (χ4n) is 2.57. The van der Waals surface area contributed by atoms with E-state index in [1.165, 1.54) is 4.88 Å². The summed E-state index contributed by atoms with van der Waals surface area (Å²) < 4.78 is 11.6. The van der Waals surface area contributed by atoms with E-state index in [4.69, 9.17) is 9.47 Å². The minimum Gasteiger partial charge on any atom is -0.494 e. The Bertz CT molecular complexity index is 895. The van der Waals surface area contributed by atoms with Gasteiger partial charge in [0.15, 0.2) is 5.96 Å². The second kappa shape index (κ2) is 11.1. The zero-order valence-electron chi connectivity index (χ0n) is 16.7. The number of guanidine groups is 1. The Balaban J connectivity index is 1.58. The van der Waals surface area contributed by atoms with Gasteiger partial charge in [0.25, 0.3) is 0 Å². The van der Waals surface area contributed by atoms with E-state index in [-0.39, 0.29) is 0 Å². The molecule has 6 nitrogen and oxygen atoms in total. The van der Waals surface area contributed by atoms with E-state index < -0.39 is 0 Å². The molecule has 152 valence electrons. The lowest BCUT2D eigenvalue weighted by Gasteiger charge is -2.14. The number of hydrogen-bond acceptors (Lipinski definition) is 5. The molecule has 0 radical (unpaired) electrons. The number of aromatic nitrogens is 1. The molecule has 0 aliphatic heterocycles. The van der Waals surface area contributed by atoms with Gasteiger partial charge in [0.05, 0.1) is 13.2 Å². The van der Waals surface area contributed by atoms with Gasteiger partial charge in [0.2, 0.25) is 5.88 Å². The first kappa shape index (κ1) is 20.7. The second-order valence-corrected chi connectivity index (χ2v) is 7.28. The van der Waals surface area contributed by atoms with Crippen molar-refractivity contribution in [3.8, 4) is 17.4 Å². The highest BCUT2D eigenvalue weighted by atomic mass is 32.1. The van der Waals surface area contributed by atoms with E-state index >= 15 is 0 Å². The standard InChI is InChI=1S/C22H26N4O2S/c1-3-13-27-18-8-10-19(11-9-18)28-21-17(6-4-12-24-21)15-25-22(23-2)26-16-20-7-5-14-29-20/h4-12,14H,3,13,15-16H2,1-2H3,(H2,23,25,26). The summed E-state index contributed by atoms with van der Waals surface area (Å²) in [5, 5.41) is 8.68. The van der Waals surface area contributed by atoms with Gasteiger partial charge in [-0.3, -0.25) is 4.99 Å². The zero-order valence-corrected chi connectivity index (χ0v) is 17.5. The first-order valence-electron chi connectivity index (χ1n) is 9.60. The third-order valence-electron chi connectivity index (χ3n) is 4.04. The van der Waals surface area contributed by atoms with Gasteiger partial charge in [-0.05, 0) is 48.2 Å². The summed E-state index contributed by atoms with van der Waals surface area (Å²) in [6, 6.07) is 15.6. The van der Waals surface area contributed by atoms with Gasteiger partial charge in [-0.15, -0.1) is 11.3 Å². The molecular formula is C22H26N4O2S. The predicted octanol–water partition coefficient (Wildman–Crippen LogP) is 4.59. The van der Waals surface area contributed by atoms with Crippen LogP contribution in [0.25, 0.3) is 0 Å². The molecule has 0 unspecified atom stereocenters. The van der Waals surface area contributed by atoms with Crippen molar-refractivity contribution >= 4 is 17.3 Å². The molecule has 0 fully saturated rings. The molecule has 0 aliphatic carbocycles. The first-order valence-corrected chi connectivity index (χ1v) is 10.5. The maximum atomic E-state index is 5.99. The minimum absolute atomic E-state index is 0.547. The van der Waals surface area contributed by atoms with Crippen LogP contribution in [0.5, 0.6) is 17.4 Å². The van der Waals surface area contributed by atoms with Gasteiger partial charge in [-0.2, -0.15) is 0 Å². The van der Waals surface area contributed by atoms with E-state index in [9.17, 15) is 0 Å². The number of benzene rings is 1. The Labute approximate surface area is 175 Å². The van der Waals surface area contributed by atoms with E-state index in [2.05, 4.69) is 39.0 Å². The molecule has 0 bridgehead atoms. The molecule has 3 rings (SSSR count). The summed E-state index contributed by atoms with van der Waals surface area (Å²) in [6.07, 6.45) is 2.70. The number of aliphatic imine (C=N–C) groups is 1. The summed E-state index contributed by atoms with van der Waals surface area (Å²) in [5.74, 6) is 2.85. The number of hydrogen-bond donors (Lipinski definition) is 2. The monoisotopic (exact) mass is 410 g/mol. The number of thiophene rings is 1. The Kier molecular flexibility index (Phi) is 7.89. The minimum atomic E-state index is 0.547. The zero-order chi connectivity index (χ0) is 20.3. The fraction of sp³-hybridized carbons (Fsp3) is 0.273. The van der Waals surface area contributed by atoms with Crippen LogP contribution in [-0.2, 0) is 13.1 Å². The number of nitrogens with one attached hydrogen (secondary N) is 2. The van der Waals surface area contributed by atoms with Gasteiger partial charge in [-0.25, -0.2) is 4.98 Å². The SMILES string of the molecule is CCCOc1ccc(Oc2ncccc2CNC(=NC)NCc2cccs2)cc1. The number of rotatable bonds is 9. The smallest absolute Gasteiger partial charge is 0.224 e. The van der Waals surface area contributed by atoms with E-state index in [1.807, 2.05) is 42.5 Å². The van der Waals surface area contributed by atoms with Crippen molar-refractivity contribution in [2.24, 2.45) is 4.99 Å². The number of nitrogens with zero attached hydrogens (tertiary/aromatic N) is 2. The van der Waals surface area contributed by atoms with Crippen LogP contribution in [0.4, 0.5) is 0 Å². The molecule has 1 aromatic carbocycles. The molecule has 0 aliphatic rings. The molecule has 2 heterocycles. The van der Waals surface area contributed by atoms with Crippen LogP contribution in [0.1, 0.15) is 23.8 Å². The largest absolute Gasteiger partial charge is 0.494 e. The number of ether oxygens (including phenoxy) is 2. The quantitative estimate of drug-likeness (QED) is 0.399. The van der Waals surface area contributed by atoms with Crippen molar-refractivity contribution < 1.29 is 9.47 Å². The highest BCUT2D eigenvalue weighted by Crippen LogP contribution is 2.25. The second-order valence-electron chi connectivity index (χ2n) is 6.25. The van der Waals surface area contributed by atoms with Crippen LogP contribution in [0.2, 0.25) is 0 Å². The highest BCUT2D eigenvalue weighted by Gasteiger charge is 2.08. The topological polar surface area (TPSA) is 67.8 Å². The third kappa shape index (κ3) is 6.50. The Morgan fingerprint density at radius 1 is 1.03 bits per heavy atom. The van der Waals surface area contributed by atoms with Crippen LogP contribution >= 0.6 is 11.3 Å². The molecule has 0 spiro atoms. The molecule has 2 N–H and O–H groups in total. The van der Waals surface area contributed by atoms with Crippen molar-refractivity contribution in [3.63, 3.8) is 0 Å². The Morgan fingerprint density at radius 3 is 2.55 bits per heavy atom. The van der Waals surface area contributed by atoms with E-state index in [0.717, 1.165) is 30.2 Å². The van der Waals surface area contributed by atoms with Crippen molar-refractivity contribution in [2.45, 2.75) is 26.4 Å². The van der Waals surface area contributed by atoms with Gasteiger partial charge in [0.1, 0.15) is 11.5 Å². The average Bonchev–Trinajstić information content (AvgIpc) is 3.28. The molecule has 0 saturated heterocycles. The molecule has 2 aromatic heterocycles. The Hall–Kier alpha value is -3.06. The summed E-state index contributed by atoms with van der Waals surface area (Å²) in [6.45, 7) is 4.07. The lowest BCUT2D eigenvalue weighted by atomic mass is 10.2. The highest BCUT2D eigenvalue weighted by molar-refractivity contribution is 7.09. The van der Waals surface area contributed by atoms with Crippen LogP contribution in [0.3, 0.4) is 0 Å². The molecule has 7 heteroatoms. The molecule has 0 amide bonds. The summed E-state index contributed by atoms with van der Waals surface area (Å²) in [4.78, 5) is 9.91. The summed E-state index contributed by atoms with van der Waals surface area (Å²) in [5.41, 5.74) is 0.942. The van der Waals surface area contributed by atoms with Crippen molar-refractivity contribution in [1.82, 2.24) is 15.6 Å². The number of pyridine rings is 1. The molecule has 29 heavy (non-hydrogen) atoms. The maximum Gasteiger partial charge on any atom is 0.224 e. The van der Waals surface area contributed by atoms with Gasteiger partial charge >= 0.3 is 0 Å². The normalized spacial score (nSPS) is 11.2. The molecule has 0 atom stereocenters. The summed E-state index contributed by atoms with van der Waals surface area (Å²) >= 11 is 1.71. The van der Waals surface area contributed by atoms with Gasteiger partial charge in [0, 0.05) is 30.2 Å². The van der Waals surface area contributed by atoms with E-state index in [0.29, 0.717) is 24.8 Å². The maximum absolute atomic E-state index is 5.99. The molecular weight excluding hydrogens is 384 g/mol. The van der Waals surface area contributed by atoms with Crippen LogP contribution < -0.4 is 20.1 Å². The van der Waals surface area contributed by atoms with Crippen LogP contribution in [0.15, 0.2) is 65.1 Å². The lowest BCUT2D eigenvalue weighted by Crippen LogP contribution is -2.36. The first-order chi connectivity index (χ1) is 14.3. The lowest BCUT2D eigenvalue weighted by molar-refractivity contribution is 0.317. The van der Waals surface area contributed by atoms with Crippen molar-refractivity contribution in [3.05, 3.63) is 70.5 Å². The fourth-order valence-corrected chi connectivity index (χ4v) is 3.21. The van der Waals surface area contributed by atoms with Crippen LogP contribution in [0, 0.1) is 0 Å². The summed E-state index contributed by atoms with van der Waals surface area (Å²) in [7, 11) is 1.76. The average molecular weight is 411 g/mol. The predicted molar refractivity (Wildman–Crippen MR) is 118 cm³/mol. The molecule has 3 aromatic rings.